The van der Waals surface area contributed by atoms with Gasteiger partial charge in [-0.25, -0.2) is 0 Å². The molecule has 94 valence electrons. The molecular weight excluding hydrogens is 220 g/mol. The summed E-state index contributed by atoms with van der Waals surface area (Å²) in [7, 11) is 0. The Morgan fingerprint density at radius 2 is 1.94 bits per heavy atom. The highest BCUT2D eigenvalue weighted by Crippen LogP contribution is 2.15. The second-order valence-electron chi connectivity index (χ2n) is 4.66. The normalized spacial score (nSPS) is 10.6. The highest BCUT2D eigenvalue weighted by molar-refractivity contribution is 5.34. The summed E-state index contributed by atoms with van der Waals surface area (Å²) in [5, 5.41) is 0. The van der Waals surface area contributed by atoms with Crippen LogP contribution in [0.25, 0.3) is 0 Å². The lowest BCUT2D eigenvalue weighted by atomic mass is 10.00. The van der Waals surface area contributed by atoms with Gasteiger partial charge in [-0.1, -0.05) is 36.8 Å². The lowest BCUT2D eigenvalue weighted by Crippen LogP contribution is -2.03. The van der Waals surface area contributed by atoms with Gasteiger partial charge in [-0.05, 0) is 36.1 Å². The summed E-state index contributed by atoms with van der Waals surface area (Å²) in [6.45, 7) is 4.84. The zero-order chi connectivity index (χ0) is 13.0. The predicted molar refractivity (Wildman–Crippen MR) is 75.5 cm³/mol. The number of aryl methyl sites for hydroxylation is 2. The van der Waals surface area contributed by atoms with Crippen molar-refractivity contribution in [3.05, 3.63) is 64.5 Å². The van der Waals surface area contributed by atoms with Gasteiger partial charge in [0.05, 0.1) is 0 Å². The summed E-state index contributed by atoms with van der Waals surface area (Å²) in [5.74, 6) is 0. The molecule has 1 aromatic carbocycles. The quantitative estimate of drug-likeness (QED) is 0.892. The fourth-order valence-corrected chi connectivity index (χ4v) is 2.08. The van der Waals surface area contributed by atoms with Crippen molar-refractivity contribution in [2.24, 2.45) is 5.73 Å². The van der Waals surface area contributed by atoms with E-state index in [1.54, 1.807) is 0 Å². The smallest absolute Gasteiger partial charge is 0.0447 e. The Bertz CT molecular complexity index is 515. The summed E-state index contributed by atoms with van der Waals surface area (Å²) in [6.07, 6.45) is 3.86. The topological polar surface area (TPSA) is 38.9 Å². The van der Waals surface area contributed by atoms with Crippen LogP contribution in [0.15, 0.2) is 36.5 Å². The third-order valence-corrected chi connectivity index (χ3v) is 3.25. The Kier molecular flexibility index (Phi) is 4.11. The molecule has 2 N–H and O–H groups in total. The monoisotopic (exact) mass is 240 g/mol. The standard InChI is InChI=1S/C16H20N2/c1-3-13-5-7-16(18-11-13)9-15-8-12(2)4-6-14(15)10-17/h4-8,11H,3,9-10,17H2,1-2H3. The van der Waals surface area contributed by atoms with E-state index in [0.717, 1.165) is 18.5 Å². The molecule has 0 amide bonds. The van der Waals surface area contributed by atoms with Gasteiger partial charge < -0.3 is 5.73 Å². The largest absolute Gasteiger partial charge is 0.326 e. The zero-order valence-corrected chi connectivity index (χ0v) is 11.1. The maximum Gasteiger partial charge on any atom is 0.0447 e. The Morgan fingerprint density at radius 1 is 1.11 bits per heavy atom. The molecule has 0 spiro atoms. The first-order valence-electron chi connectivity index (χ1n) is 6.45. The van der Waals surface area contributed by atoms with Gasteiger partial charge in [0.25, 0.3) is 0 Å². The zero-order valence-electron chi connectivity index (χ0n) is 11.1. The lowest BCUT2D eigenvalue weighted by Gasteiger charge is -2.09. The molecule has 2 rings (SSSR count). The Morgan fingerprint density at radius 3 is 2.56 bits per heavy atom. The number of rotatable bonds is 4. The number of hydrogen-bond acceptors (Lipinski definition) is 2. The van der Waals surface area contributed by atoms with Crippen molar-refractivity contribution in [1.82, 2.24) is 4.98 Å². The van der Waals surface area contributed by atoms with Crippen LogP contribution in [0.5, 0.6) is 0 Å². The van der Waals surface area contributed by atoms with E-state index in [2.05, 4.69) is 49.2 Å². The maximum atomic E-state index is 5.78. The van der Waals surface area contributed by atoms with E-state index >= 15 is 0 Å². The molecule has 1 aromatic heterocycles. The van der Waals surface area contributed by atoms with Crippen LogP contribution in [-0.2, 0) is 19.4 Å². The molecule has 0 fully saturated rings. The lowest BCUT2D eigenvalue weighted by molar-refractivity contribution is 0.980. The second-order valence-corrected chi connectivity index (χ2v) is 4.66. The Balaban J connectivity index is 2.24. The first-order chi connectivity index (χ1) is 8.72. The summed E-state index contributed by atoms with van der Waals surface area (Å²) < 4.78 is 0. The summed E-state index contributed by atoms with van der Waals surface area (Å²) in [6, 6.07) is 10.7. The van der Waals surface area contributed by atoms with Crippen LogP contribution in [0.1, 0.15) is 34.9 Å². The molecular formula is C16H20N2. The Labute approximate surface area is 109 Å². The molecule has 2 aromatic rings. The van der Waals surface area contributed by atoms with Crippen LogP contribution >= 0.6 is 0 Å². The van der Waals surface area contributed by atoms with E-state index in [-0.39, 0.29) is 0 Å². The van der Waals surface area contributed by atoms with Crippen molar-refractivity contribution in [3.63, 3.8) is 0 Å². The van der Waals surface area contributed by atoms with Gasteiger partial charge in [0, 0.05) is 24.9 Å². The van der Waals surface area contributed by atoms with E-state index in [1.807, 2.05) is 6.20 Å². The fraction of sp³-hybridized carbons (Fsp3) is 0.312. The first-order valence-corrected chi connectivity index (χ1v) is 6.45. The summed E-state index contributed by atoms with van der Waals surface area (Å²) in [5.41, 5.74) is 11.9. The maximum absolute atomic E-state index is 5.78. The minimum atomic E-state index is 0.586. The van der Waals surface area contributed by atoms with Crippen molar-refractivity contribution < 1.29 is 0 Å². The van der Waals surface area contributed by atoms with Crippen LogP contribution in [-0.4, -0.2) is 4.98 Å². The number of aromatic nitrogens is 1. The number of nitrogens with zero attached hydrogens (tertiary/aromatic N) is 1. The fourth-order valence-electron chi connectivity index (χ4n) is 2.08. The SMILES string of the molecule is CCc1ccc(Cc2cc(C)ccc2CN)nc1. The van der Waals surface area contributed by atoms with Gasteiger partial charge >= 0.3 is 0 Å². The van der Waals surface area contributed by atoms with Crippen molar-refractivity contribution in [3.8, 4) is 0 Å². The minimum absolute atomic E-state index is 0.586. The molecule has 0 bridgehead atoms. The third kappa shape index (κ3) is 2.96. The van der Waals surface area contributed by atoms with Gasteiger partial charge in [-0.2, -0.15) is 0 Å². The van der Waals surface area contributed by atoms with Crippen LogP contribution in [0.4, 0.5) is 0 Å². The van der Waals surface area contributed by atoms with Crippen LogP contribution in [0.2, 0.25) is 0 Å². The molecule has 2 heteroatoms. The Hall–Kier alpha value is -1.67. The molecule has 0 radical (unpaired) electrons. The highest BCUT2D eigenvalue weighted by atomic mass is 14.7. The van der Waals surface area contributed by atoms with Crippen molar-refractivity contribution in [2.75, 3.05) is 0 Å². The second kappa shape index (κ2) is 5.78. The number of hydrogen-bond donors (Lipinski definition) is 1. The molecule has 0 aliphatic heterocycles. The van der Waals surface area contributed by atoms with Gasteiger partial charge in [0.1, 0.15) is 0 Å². The number of pyridine rings is 1. The number of benzene rings is 1. The average molecular weight is 240 g/mol. The average Bonchev–Trinajstić information content (AvgIpc) is 2.40. The van der Waals surface area contributed by atoms with E-state index in [4.69, 9.17) is 5.73 Å². The molecule has 0 unspecified atom stereocenters. The van der Waals surface area contributed by atoms with Crippen LogP contribution < -0.4 is 5.73 Å². The van der Waals surface area contributed by atoms with Gasteiger partial charge in [0.15, 0.2) is 0 Å². The third-order valence-electron chi connectivity index (χ3n) is 3.25. The van der Waals surface area contributed by atoms with Crippen LogP contribution in [0.3, 0.4) is 0 Å². The molecule has 1 heterocycles. The molecule has 0 aliphatic carbocycles. The highest BCUT2D eigenvalue weighted by Gasteiger charge is 2.04. The predicted octanol–water partition coefficient (Wildman–Crippen LogP) is 3.00. The van der Waals surface area contributed by atoms with E-state index in [0.29, 0.717) is 6.54 Å². The van der Waals surface area contributed by atoms with Gasteiger partial charge in [0.2, 0.25) is 0 Å². The van der Waals surface area contributed by atoms with Crippen molar-refractivity contribution in [2.45, 2.75) is 33.2 Å². The van der Waals surface area contributed by atoms with E-state index in [9.17, 15) is 0 Å². The van der Waals surface area contributed by atoms with Crippen molar-refractivity contribution in [1.29, 1.82) is 0 Å². The molecule has 0 saturated heterocycles. The van der Waals surface area contributed by atoms with Gasteiger partial charge in [-0.15, -0.1) is 0 Å². The van der Waals surface area contributed by atoms with Gasteiger partial charge in [-0.3, -0.25) is 4.98 Å². The summed E-state index contributed by atoms with van der Waals surface area (Å²) in [4.78, 5) is 4.51. The molecule has 0 saturated carbocycles. The molecule has 0 atom stereocenters. The van der Waals surface area contributed by atoms with Crippen molar-refractivity contribution >= 4 is 0 Å². The molecule has 18 heavy (non-hydrogen) atoms. The van der Waals surface area contributed by atoms with Crippen LogP contribution in [0, 0.1) is 6.92 Å². The number of nitrogens with two attached hydrogens (primary N) is 1. The van der Waals surface area contributed by atoms with E-state index < -0.39 is 0 Å². The first kappa shape index (κ1) is 12.8. The van der Waals surface area contributed by atoms with E-state index in [1.165, 1.54) is 22.3 Å². The molecule has 0 aliphatic rings. The summed E-state index contributed by atoms with van der Waals surface area (Å²) >= 11 is 0. The molecule has 2 nitrogen and oxygen atoms in total. The minimum Gasteiger partial charge on any atom is -0.326 e.